The van der Waals surface area contributed by atoms with E-state index < -0.39 is 0 Å². The Kier molecular flexibility index (Phi) is 6.25. The van der Waals surface area contributed by atoms with Crippen LogP contribution < -0.4 is 10.9 Å². The maximum Gasteiger partial charge on any atom is 0.321 e. The van der Waals surface area contributed by atoms with Crippen molar-refractivity contribution in [3.05, 3.63) is 80.4 Å². The number of hydrogen-bond donors (Lipinski definition) is 2. The predicted molar refractivity (Wildman–Crippen MR) is 135 cm³/mol. The lowest BCUT2D eigenvalue weighted by Crippen LogP contribution is -2.41. The van der Waals surface area contributed by atoms with Gasteiger partial charge in [0.25, 0.3) is 5.56 Å². The molecule has 35 heavy (non-hydrogen) atoms. The lowest BCUT2D eigenvalue weighted by Gasteiger charge is -2.31. The van der Waals surface area contributed by atoms with Crippen molar-refractivity contribution in [1.82, 2.24) is 29.9 Å². The summed E-state index contributed by atoms with van der Waals surface area (Å²) in [6, 6.07) is 13.4. The Morgan fingerprint density at radius 3 is 2.74 bits per heavy atom. The molecular formula is C25H26ClN7O2. The van der Waals surface area contributed by atoms with Crippen LogP contribution >= 0.6 is 11.6 Å². The average Bonchev–Trinajstić information content (AvgIpc) is 3.24. The van der Waals surface area contributed by atoms with Crippen molar-refractivity contribution in [2.45, 2.75) is 39.2 Å². The second kappa shape index (κ2) is 9.50. The minimum Gasteiger partial charge on any atom is -0.324 e. The fourth-order valence-corrected chi connectivity index (χ4v) is 4.63. The van der Waals surface area contributed by atoms with Crippen molar-refractivity contribution >= 4 is 34.5 Å². The van der Waals surface area contributed by atoms with Crippen LogP contribution in [-0.2, 0) is 6.54 Å². The minimum atomic E-state index is -0.308. The van der Waals surface area contributed by atoms with Crippen LogP contribution in [0.1, 0.15) is 41.3 Å². The van der Waals surface area contributed by atoms with E-state index in [1.807, 2.05) is 50.2 Å². The lowest BCUT2D eigenvalue weighted by atomic mass is 9.96. The van der Waals surface area contributed by atoms with Crippen molar-refractivity contribution in [1.29, 1.82) is 0 Å². The molecule has 0 atom stereocenters. The number of fused-ring (bicyclic) bond motifs is 1. The van der Waals surface area contributed by atoms with Crippen molar-refractivity contribution < 1.29 is 4.79 Å². The predicted octanol–water partition coefficient (Wildman–Crippen LogP) is 4.24. The van der Waals surface area contributed by atoms with E-state index >= 15 is 0 Å². The summed E-state index contributed by atoms with van der Waals surface area (Å²) >= 11 is 6.10. The molecule has 5 rings (SSSR count). The molecule has 1 saturated heterocycles. The molecule has 9 nitrogen and oxygen atoms in total. The van der Waals surface area contributed by atoms with Gasteiger partial charge in [-0.25, -0.2) is 14.5 Å². The summed E-state index contributed by atoms with van der Waals surface area (Å²) in [6.07, 6.45) is 1.40. The number of carbonyl (C=O) groups is 1. The highest BCUT2D eigenvalue weighted by Gasteiger charge is 2.27. The van der Waals surface area contributed by atoms with Crippen LogP contribution in [0.3, 0.4) is 0 Å². The number of aromatic nitrogens is 5. The van der Waals surface area contributed by atoms with E-state index in [1.54, 1.807) is 15.6 Å². The van der Waals surface area contributed by atoms with Gasteiger partial charge >= 0.3 is 6.03 Å². The van der Waals surface area contributed by atoms with E-state index in [4.69, 9.17) is 16.6 Å². The zero-order valence-electron chi connectivity index (χ0n) is 19.6. The summed E-state index contributed by atoms with van der Waals surface area (Å²) in [4.78, 5) is 34.9. The van der Waals surface area contributed by atoms with Crippen LogP contribution in [0.5, 0.6) is 0 Å². The summed E-state index contributed by atoms with van der Waals surface area (Å²) in [5.41, 5.74) is 4.23. The van der Waals surface area contributed by atoms with Crippen molar-refractivity contribution in [3.63, 3.8) is 0 Å². The Morgan fingerprint density at radius 2 is 1.97 bits per heavy atom. The van der Waals surface area contributed by atoms with Gasteiger partial charge in [0.05, 0.1) is 6.54 Å². The molecule has 3 heterocycles. The smallest absolute Gasteiger partial charge is 0.321 e. The number of benzene rings is 2. The summed E-state index contributed by atoms with van der Waals surface area (Å²) < 4.78 is 1.62. The number of hydrogen-bond acceptors (Lipinski definition) is 5. The maximum absolute atomic E-state index is 12.8. The van der Waals surface area contributed by atoms with Gasteiger partial charge in [0.1, 0.15) is 5.82 Å². The van der Waals surface area contributed by atoms with Crippen LogP contribution in [0.15, 0.2) is 47.3 Å². The first-order valence-corrected chi connectivity index (χ1v) is 12.0. The monoisotopic (exact) mass is 491 g/mol. The van der Waals surface area contributed by atoms with E-state index in [-0.39, 0.29) is 23.0 Å². The van der Waals surface area contributed by atoms with Crippen LogP contribution in [0, 0.1) is 13.8 Å². The number of aromatic amines is 1. The van der Waals surface area contributed by atoms with E-state index in [1.165, 1.54) is 0 Å². The Bertz CT molecular complexity index is 1450. The second-order valence-electron chi connectivity index (χ2n) is 9.01. The number of rotatable bonds is 4. The molecule has 180 valence electrons. The van der Waals surface area contributed by atoms with Gasteiger partial charge in [-0.1, -0.05) is 41.1 Å². The number of piperidine rings is 1. The molecule has 2 N–H and O–H groups in total. The SMILES string of the molecule is Cc1ccc(C)c(NC(=O)N2CCC(c3nc4c(nnn4Cc4cccc(Cl)c4)c(=O)[nH]3)CC2)c1. The van der Waals surface area contributed by atoms with Crippen LogP contribution in [-0.4, -0.2) is 49.0 Å². The van der Waals surface area contributed by atoms with Crippen LogP contribution in [0.2, 0.25) is 5.02 Å². The van der Waals surface area contributed by atoms with Crippen molar-refractivity contribution in [3.8, 4) is 0 Å². The molecule has 2 aromatic carbocycles. The number of anilines is 1. The fraction of sp³-hybridized carbons (Fsp3) is 0.320. The molecular weight excluding hydrogens is 466 g/mol. The van der Waals surface area contributed by atoms with E-state index in [0.29, 0.717) is 49.0 Å². The van der Waals surface area contributed by atoms with E-state index in [9.17, 15) is 9.59 Å². The molecule has 4 aromatic rings. The molecule has 0 unspecified atom stereocenters. The maximum atomic E-state index is 12.8. The first kappa shape index (κ1) is 23.0. The number of nitrogens with one attached hydrogen (secondary N) is 2. The second-order valence-corrected chi connectivity index (χ2v) is 9.45. The van der Waals surface area contributed by atoms with Crippen LogP contribution in [0.4, 0.5) is 10.5 Å². The Labute approximate surface area is 207 Å². The number of urea groups is 1. The number of nitrogens with zero attached hydrogens (tertiary/aromatic N) is 5. The average molecular weight is 492 g/mol. The topological polar surface area (TPSA) is 109 Å². The molecule has 2 aromatic heterocycles. The Hall–Kier alpha value is -3.72. The van der Waals surface area contributed by atoms with Crippen molar-refractivity contribution in [2.24, 2.45) is 0 Å². The van der Waals surface area contributed by atoms with Gasteiger partial charge in [-0.05, 0) is 61.6 Å². The molecule has 0 radical (unpaired) electrons. The van der Waals surface area contributed by atoms with Gasteiger partial charge in [-0.3, -0.25) is 4.79 Å². The lowest BCUT2D eigenvalue weighted by molar-refractivity contribution is 0.193. The molecule has 0 bridgehead atoms. The third kappa shape index (κ3) is 4.90. The molecule has 10 heteroatoms. The highest BCUT2D eigenvalue weighted by molar-refractivity contribution is 6.30. The van der Waals surface area contributed by atoms with Crippen molar-refractivity contribution in [2.75, 3.05) is 18.4 Å². The summed E-state index contributed by atoms with van der Waals surface area (Å²) in [6.45, 7) is 5.53. The minimum absolute atomic E-state index is 0.0337. The number of halogens is 1. The molecule has 0 aliphatic carbocycles. The van der Waals surface area contributed by atoms with Gasteiger partial charge in [-0.15, -0.1) is 5.10 Å². The Balaban J connectivity index is 1.30. The fourth-order valence-electron chi connectivity index (χ4n) is 4.41. The highest BCUT2D eigenvalue weighted by atomic mass is 35.5. The number of likely N-dealkylation sites (tertiary alicyclic amines) is 1. The molecule has 1 aliphatic heterocycles. The summed E-state index contributed by atoms with van der Waals surface area (Å²) in [5, 5.41) is 11.8. The largest absolute Gasteiger partial charge is 0.324 e. The van der Waals surface area contributed by atoms with Gasteiger partial charge in [0.2, 0.25) is 0 Å². The van der Waals surface area contributed by atoms with Gasteiger partial charge in [0, 0.05) is 29.7 Å². The quantitative estimate of drug-likeness (QED) is 0.443. The Morgan fingerprint density at radius 1 is 1.17 bits per heavy atom. The third-order valence-corrected chi connectivity index (χ3v) is 6.65. The third-order valence-electron chi connectivity index (χ3n) is 6.42. The number of amides is 2. The zero-order valence-corrected chi connectivity index (χ0v) is 20.3. The molecule has 1 aliphatic rings. The molecule has 0 spiro atoms. The molecule has 0 saturated carbocycles. The normalized spacial score (nSPS) is 14.4. The summed E-state index contributed by atoms with van der Waals surface area (Å²) in [5.74, 6) is 0.637. The van der Waals surface area contributed by atoms with Gasteiger partial charge in [0.15, 0.2) is 11.2 Å². The standard InChI is InChI=1S/C25H26ClN7O2/c1-15-6-7-16(2)20(12-15)27-25(35)32-10-8-18(9-11-32)22-28-23-21(24(34)29-22)30-31-33(23)14-17-4-3-5-19(26)13-17/h3-7,12-13,18H,8-11,14H2,1-2H3,(H,27,35)(H,28,29,34). The highest BCUT2D eigenvalue weighted by Crippen LogP contribution is 2.27. The first-order valence-electron chi connectivity index (χ1n) is 11.6. The number of aryl methyl sites for hydroxylation is 2. The number of H-pyrrole nitrogens is 1. The van der Waals surface area contributed by atoms with E-state index in [0.717, 1.165) is 22.4 Å². The van der Waals surface area contributed by atoms with Gasteiger partial charge in [-0.2, -0.15) is 0 Å². The van der Waals surface area contributed by atoms with Gasteiger partial charge < -0.3 is 15.2 Å². The number of carbonyl (C=O) groups excluding carboxylic acids is 1. The van der Waals surface area contributed by atoms with Crippen LogP contribution in [0.25, 0.3) is 11.2 Å². The zero-order chi connectivity index (χ0) is 24.5. The summed E-state index contributed by atoms with van der Waals surface area (Å²) in [7, 11) is 0. The molecule has 2 amide bonds. The molecule has 1 fully saturated rings. The first-order chi connectivity index (χ1) is 16.9. The van der Waals surface area contributed by atoms with E-state index in [2.05, 4.69) is 20.6 Å².